The summed E-state index contributed by atoms with van der Waals surface area (Å²) in [7, 11) is 0. The van der Waals surface area contributed by atoms with Crippen LogP contribution in [0.25, 0.3) is 10.9 Å². The summed E-state index contributed by atoms with van der Waals surface area (Å²) in [5.41, 5.74) is 4.18. The van der Waals surface area contributed by atoms with Crippen LogP contribution in [0.1, 0.15) is 32.9 Å². The van der Waals surface area contributed by atoms with Crippen molar-refractivity contribution in [2.24, 2.45) is 0 Å². The molecule has 0 radical (unpaired) electrons. The van der Waals surface area contributed by atoms with Gasteiger partial charge in [0.05, 0.1) is 29.1 Å². The van der Waals surface area contributed by atoms with Crippen LogP contribution in [-0.2, 0) is 13.1 Å². The van der Waals surface area contributed by atoms with E-state index < -0.39 is 0 Å². The number of rotatable bonds is 7. The van der Waals surface area contributed by atoms with E-state index in [2.05, 4.69) is 27.3 Å². The Morgan fingerprint density at radius 1 is 1.11 bits per heavy atom. The van der Waals surface area contributed by atoms with Crippen molar-refractivity contribution in [1.29, 1.82) is 5.26 Å². The van der Waals surface area contributed by atoms with E-state index >= 15 is 0 Å². The standard InChI is InChI=1S/C28H23N5O2/c1-3-13-33(18-22-7-12-26-25(15-22)28(35)32-19(2)31-26)24-10-8-23(9-11-24)27(34)30-17-21-6-4-5-20(14-21)16-29/h1,4-12,14-15H,13,17-18H2,2H3,(H,30,34)(H,31,32,35). The molecule has 172 valence electrons. The van der Waals surface area contributed by atoms with Crippen molar-refractivity contribution >= 4 is 22.5 Å². The lowest BCUT2D eigenvalue weighted by atomic mass is 10.1. The number of aryl methyl sites for hydroxylation is 1. The number of nitrogens with one attached hydrogen (secondary N) is 2. The number of carbonyl (C=O) groups excluding carboxylic acids is 1. The molecule has 0 saturated carbocycles. The number of fused-ring (bicyclic) bond motifs is 1. The van der Waals surface area contributed by atoms with E-state index in [0.717, 1.165) is 16.8 Å². The van der Waals surface area contributed by atoms with E-state index in [0.29, 0.717) is 47.5 Å². The Hall–Kier alpha value is -4.88. The molecule has 7 heteroatoms. The largest absolute Gasteiger partial charge is 0.356 e. The molecule has 1 aromatic heterocycles. The van der Waals surface area contributed by atoms with E-state index in [-0.39, 0.29) is 11.5 Å². The monoisotopic (exact) mass is 461 g/mol. The molecule has 0 fully saturated rings. The number of nitrogens with zero attached hydrogens (tertiary/aromatic N) is 3. The number of aromatic nitrogens is 2. The normalized spacial score (nSPS) is 10.4. The number of aromatic amines is 1. The molecule has 4 rings (SSSR count). The molecular formula is C28H23N5O2. The number of terminal acetylenes is 1. The average Bonchev–Trinajstić information content (AvgIpc) is 2.87. The lowest BCUT2D eigenvalue weighted by Crippen LogP contribution is -2.24. The number of hydrogen-bond acceptors (Lipinski definition) is 5. The minimum Gasteiger partial charge on any atom is -0.356 e. The van der Waals surface area contributed by atoms with E-state index in [1.54, 1.807) is 37.3 Å². The molecule has 35 heavy (non-hydrogen) atoms. The number of hydrogen-bond donors (Lipinski definition) is 2. The van der Waals surface area contributed by atoms with Gasteiger partial charge in [-0.05, 0) is 66.6 Å². The number of carbonyl (C=O) groups is 1. The molecule has 0 saturated heterocycles. The number of amides is 1. The molecule has 0 aliphatic heterocycles. The van der Waals surface area contributed by atoms with Crippen molar-refractivity contribution in [3.05, 3.63) is 105 Å². The molecule has 7 nitrogen and oxygen atoms in total. The molecule has 0 atom stereocenters. The third-order valence-electron chi connectivity index (χ3n) is 5.55. The summed E-state index contributed by atoms with van der Waals surface area (Å²) < 4.78 is 0. The Bertz CT molecular complexity index is 1520. The van der Waals surface area contributed by atoms with Gasteiger partial charge >= 0.3 is 0 Å². The molecule has 4 aromatic rings. The Balaban J connectivity index is 1.47. The van der Waals surface area contributed by atoms with E-state index in [1.807, 2.05) is 41.3 Å². The molecule has 0 spiro atoms. The first-order valence-corrected chi connectivity index (χ1v) is 11.0. The second-order valence-electron chi connectivity index (χ2n) is 8.10. The van der Waals surface area contributed by atoms with Gasteiger partial charge in [-0.1, -0.05) is 24.1 Å². The SMILES string of the molecule is C#CCN(Cc1ccc2nc(C)[nH]c(=O)c2c1)c1ccc(C(=O)NCc2cccc(C#N)c2)cc1. The molecular weight excluding hydrogens is 438 g/mol. The van der Waals surface area contributed by atoms with Gasteiger partial charge in [0, 0.05) is 24.3 Å². The molecule has 0 aliphatic rings. The van der Waals surface area contributed by atoms with Crippen molar-refractivity contribution < 1.29 is 4.79 Å². The quantitative estimate of drug-likeness (QED) is 0.409. The average molecular weight is 462 g/mol. The Morgan fingerprint density at radius 3 is 2.66 bits per heavy atom. The fourth-order valence-electron chi connectivity index (χ4n) is 3.83. The highest BCUT2D eigenvalue weighted by molar-refractivity contribution is 5.94. The minimum atomic E-state index is -0.209. The predicted molar refractivity (Wildman–Crippen MR) is 136 cm³/mol. The molecule has 2 N–H and O–H groups in total. The molecule has 1 amide bonds. The second-order valence-corrected chi connectivity index (χ2v) is 8.10. The fourth-order valence-corrected chi connectivity index (χ4v) is 3.83. The zero-order valence-electron chi connectivity index (χ0n) is 19.2. The first kappa shape index (κ1) is 23.3. The highest BCUT2D eigenvalue weighted by atomic mass is 16.1. The molecule has 0 bridgehead atoms. The van der Waals surface area contributed by atoms with Crippen LogP contribution in [0.5, 0.6) is 0 Å². The highest BCUT2D eigenvalue weighted by Crippen LogP contribution is 2.20. The van der Waals surface area contributed by atoms with Crippen molar-refractivity contribution in [3.8, 4) is 18.4 Å². The second kappa shape index (κ2) is 10.4. The predicted octanol–water partition coefficient (Wildman–Crippen LogP) is 3.67. The first-order valence-electron chi connectivity index (χ1n) is 11.0. The lowest BCUT2D eigenvalue weighted by molar-refractivity contribution is 0.0951. The van der Waals surface area contributed by atoms with Crippen LogP contribution in [0, 0.1) is 30.6 Å². The summed E-state index contributed by atoms with van der Waals surface area (Å²) in [5.74, 6) is 3.04. The summed E-state index contributed by atoms with van der Waals surface area (Å²) in [5, 5.41) is 12.4. The maximum Gasteiger partial charge on any atom is 0.258 e. The Kier molecular flexibility index (Phi) is 6.90. The number of benzene rings is 3. The Morgan fingerprint density at radius 2 is 1.91 bits per heavy atom. The number of anilines is 1. The molecule has 0 unspecified atom stereocenters. The van der Waals surface area contributed by atoms with Gasteiger partial charge in [0.2, 0.25) is 0 Å². The zero-order valence-corrected chi connectivity index (χ0v) is 19.2. The minimum absolute atomic E-state index is 0.174. The molecule has 0 aliphatic carbocycles. The summed E-state index contributed by atoms with van der Waals surface area (Å²) in [6.45, 7) is 2.93. The number of nitriles is 1. The lowest BCUT2D eigenvalue weighted by Gasteiger charge is -2.23. The van der Waals surface area contributed by atoms with Crippen molar-refractivity contribution in [2.75, 3.05) is 11.4 Å². The van der Waals surface area contributed by atoms with Crippen LogP contribution in [0.15, 0.2) is 71.5 Å². The maximum atomic E-state index is 12.6. The number of H-pyrrole nitrogens is 1. The van der Waals surface area contributed by atoms with Crippen LogP contribution < -0.4 is 15.8 Å². The van der Waals surface area contributed by atoms with Gasteiger partial charge in [-0.25, -0.2) is 4.98 Å². The van der Waals surface area contributed by atoms with Gasteiger partial charge < -0.3 is 15.2 Å². The van der Waals surface area contributed by atoms with Gasteiger partial charge in [-0.3, -0.25) is 9.59 Å². The maximum absolute atomic E-state index is 12.6. The van der Waals surface area contributed by atoms with E-state index in [4.69, 9.17) is 11.7 Å². The van der Waals surface area contributed by atoms with Gasteiger partial charge in [-0.2, -0.15) is 5.26 Å². The van der Waals surface area contributed by atoms with Crippen molar-refractivity contribution in [2.45, 2.75) is 20.0 Å². The fraction of sp³-hybridized carbons (Fsp3) is 0.143. The van der Waals surface area contributed by atoms with E-state index in [9.17, 15) is 9.59 Å². The Labute approximate surface area is 203 Å². The highest BCUT2D eigenvalue weighted by Gasteiger charge is 2.11. The van der Waals surface area contributed by atoms with Gasteiger partial charge in [0.1, 0.15) is 5.82 Å². The zero-order chi connectivity index (χ0) is 24.8. The van der Waals surface area contributed by atoms with Crippen molar-refractivity contribution in [3.63, 3.8) is 0 Å². The third-order valence-corrected chi connectivity index (χ3v) is 5.55. The molecule has 1 heterocycles. The van der Waals surface area contributed by atoms with Crippen LogP contribution >= 0.6 is 0 Å². The van der Waals surface area contributed by atoms with Gasteiger partial charge in [-0.15, -0.1) is 6.42 Å². The van der Waals surface area contributed by atoms with Gasteiger partial charge in [0.25, 0.3) is 11.5 Å². The van der Waals surface area contributed by atoms with Gasteiger partial charge in [0.15, 0.2) is 0 Å². The van der Waals surface area contributed by atoms with Crippen LogP contribution in [0.3, 0.4) is 0 Å². The summed E-state index contributed by atoms with van der Waals surface area (Å²) in [4.78, 5) is 34.0. The molecule has 3 aromatic carbocycles. The van der Waals surface area contributed by atoms with Crippen LogP contribution in [-0.4, -0.2) is 22.4 Å². The third kappa shape index (κ3) is 5.55. The van der Waals surface area contributed by atoms with Crippen molar-refractivity contribution in [1.82, 2.24) is 15.3 Å². The van der Waals surface area contributed by atoms with E-state index in [1.165, 1.54) is 0 Å². The van der Waals surface area contributed by atoms with Crippen LogP contribution in [0.4, 0.5) is 5.69 Å². The smallest absolute Gasteiger partial charge is 0.258 e. The first-order chi connectivity index (χ1) is 17.0. The summed E-state index contributed by atoms with van der Waals surface area (Å²) in [6.07, 6.45) is 5.60. The topological polar surface area (TPSA) is 102 Å². The van der Waals surface area contributed by atoms with Crippen LogP contribution in [0.2, 0.25) is 0 Å². The summed E-state index contributed by atoms with van der Waals surface area (Å²) in [6, 6.07) is 22.0. The summed E-state index contributed by atoms with van der Waals surface area (Å²) >= 11 is 0.